The van der Waals surface area contributed by atoms with E-state index in [1.165, 1.54) is 12.1 Å². The summed E-state index contributed by atoms with van der Waals surface area (Å²) in [5, 5.41) is 0. The Bertz CT molecular complexity index is 832. The van der Waals surface area contributed by atoms with Gasteiger partial charge in [-0.15, -0.1) is 0 Å². The predicted molar refractivity (Wildman–Crippen MR) is 84.3 cm³/mol. The van der Waals surface area contributed by atoms with E-state index in [9.17, 15) is 8.42 Å². The van der Waals surface area contributed by atoms with Crippen molar-refractivity contribution in [3.05, 3.63) is 47.5 Å². The highest BCUT2D eigenvalue weighted by Crippen LogP contribution is 2.33. The van der Waals surface area contributed by atoms with Crippen molar-refractivity contribution in [1.29, 1.82) is 0 Å². The molecule has 0 aromatic heterocycles. The van der Waals surface area contributed by atoms with E-state index in [1.54, 1.807) is 13.2 Å². The fourth-order valence-corrected chi connectivity index (χ4v) is 3.37. The number of nitrogens with one attached hydrogen (secondary N) is 1. The lowest BCUT2D eigenvalue weighted by Gasteiger charge is -2.11. The van der Waals surface area contributed by atoms with E-state index in [0.29, 0.717) is 17.2 Å². The Labute approximate surface area is 135 Å². The molecule has 0 radical (unpaired) electrons. The van der Waals surface area contributed by atoms with Gasteiger partial charge in [0.1, 0.15) is 5.75 Å². The molecule has 6 nitrogen and oxygen atoms in total. The molecule has 122 valence electrons. The minimum atomic E-state index is -3.66. The Hall–Kier alpha value is -2.25. The third-order valence-corrected chi connectivity index (χ3v) is 4.94. The van der Waals surface area contributed by atoms with Gasteiger partial charge >= 0.3 is 0 Å². The molecule has 0 saturated carbocycles. The fourth-order valence-electron chi connectivity index (χ4n) is 2.35. The van der Waals surface area contributed by atoms with Crippen LogP contribution in [-0.4, -0.2) is 22.3 Å². The molecule has 1 N–H and O–H groups in total. The molecule has 0 fully saturated rings. The number of benzene rings is 2. The smallest absolute Gasteiger partial charge is 0.241 e. The van der Waals surface area contributed by atoms with Crippen LogP contribution in [0, 0.1) is 6.92 Å². The number of methoxy groups -OCH3 is 1. The molecule has 1 aliphatic heterocycles. The van der Waals surface area contributed by atoms with Crippen LogP contribution in [0.25, 0.3) is 0 Å². The molecule has 23 heavy (non-hydrogen) atoms. The Kier molecular flexibility index (Phi) is 4.14. The molecule has 1 aliphatic rings. The van der Waals surface area contributed by atoms with Gasteiger partial charge in [0, 0.05) is 18.2 Å². The normalized spacial score (nSPS) is 13.1. The van der Waals surface area contributed by atoms with Gasteiger partial charge in [0.25, 0.3) is 0 Å². The second-order valence-electron chi connectivity index (χ2n) is 5.15. The van der Waals surface area contributed by atoms with E-state index in [-0.39, 0.29) is 18.2 Å². The van der Waals surface area contributed by atoms with Crippen molar-refractivity contribution in [3.63, 3.8) is 0 Å². The van der Waals surface area contributed by atoms with Crippen LogP contribution in [0.5, 0.6) is 17.2 Å². The maximum atomic E-state index is 12.4. The van der Waals surface area contributed by atoms with Gasteiger partial charge in [0.05, 0.1) is 12.0 Å². The van der Waals surface area contributed by atoms with Crippen molar-refractivity contribution in [2.24, 2.45) is 0 Å². The topological polar surface area (TPSA) is 73.9 Å². The first-order chi connectivity index (χ1) is 11.0. The highest BCUT2D eigenvalue weighted by Gasteiger charge is 2.20. The standard InChI is InChI=1S/C16H17NO5S/c1-11-3-5-14(20-2)12(7-11)9-17-23(18,19)13-4-6-15-16(8-13)22-10-21-15/h3-8,17H,9-10H2,1-2H3. The van der Waals surface area contributed by atoms with Crippen LogP contribution in [-0.2, 0) is 16.6 Å². The van der Waals surface area contributed by atoms with Gasteiger partial charge in [-0.05, 0) is 25.1 Å². The zero-order chi connectivity index (χ0) is 16.4. The van der Waals surface area contributed by atoms with Crippen LogP contribution in [0.4, 0.5) is 0 Å². The van der Waals surface area contributed by atoms with E-state index < -0.39 is 10.0 Å². The summed E-state index contributed by atoms with van der Waals surface area (Å²) in [6, 6.07) is 10.2. The molecular weight excluding hydrogens is 318 g/mol. The van der Waals surface area contributed by atoms with Gasteiger partial charge in [-0.25, -0.2) is 13.1 Å². The summed E-state index contributed by atoms with van der Waals surface area (Å²) in [6.07, 6.45) is 0. The molecule has 0 atom stereocenters. The van der Waals surface area contributed by atoms with Gasteiger partial charge in [0.2, 0.25) is 16.8 Å². The molecule has 0 saturated heterocycles. The maximum absolute atomic E-state index is 12.4. The number of hydrogen-bond donors (Lipinski definition) is 1. The van der Waals surface area contributed by atoms with Crippen molar-refractivity contribution in [2.75, 3.05) is 13.9 Å². The molecular formula is C16H17NO5S. The van der Waals surface area contributed by atoms with Crippen LogP contribution in [0.1, 0.15) is 11.1 Å². The minimum absolute atomic E-state index is 0.104. The molecule has 0 spiro atoms. The number of hydrogen-bond acceptors (Lipinski definition) is 5. The largest absolute Gasteiger partial charge is 0.496 e. The van der Waals surface area contributed by atoms with Crippen molar-refractivity contribution < 1.29 is 22.6 Å². The van der Waals surface area contributed by atoms with Gasteiger partial charge in [-0.1, -0.05) is 17.7 Å². The van der Waals surface area contributed by atoms with Gasteiger partial charge in [-0.3, -0.25) is 0 Å². The molecule has 0 amide bonds. The SMILES string of the molecule is COc1ccc(C)cc1CNS(=O)(=O)c1ccc2c(c1)OCO2. The molecule has 0 bridgehead atoms. The minimum Gasteiger partial charge on any atom is -0.496 e. The van der Waals surface area contributed by atoms with E-state index in [4.69, 9.17) is 14.2 Å². The number of rotatable bonds is 5. The van der Waals surface area contributed by atoms with Gasteiger partial charge in [0.15, 0.2) is 11.5 Å². The summed E-state index contributed by atoms with van der Waals surface area (Å²) in [6.45, 7) is 2.18. The Morgan fingerprint density at radius 1 is 1.13 bits per heavy atom. The van der Waals surface area contributed by atoms with Crippen LogP contribution >= 0.6 is 0 Å². The lowest BCUT2D eigenvalue weighted by atomic mass is 10.1. The van der Waals surface area contributed by atoms with E-state index >= 15 is 0 Å². The number of ether oxygens (including phenoxy) is 3. The summed E-state index contributed by atoms with van der Waals surface area (Å²) < 4.78 is 43.1. The number of fused-ring (bicyclic) bond motifs is 1. The zero-order valence-corrected chi connectivity index (χ0v) is 13.6. The fraction of sp³-hybridized carbons (Fsp3) is 0.250. The van der Waals surface area contributed by atoms with E-state index in [1.807, 2.05) is 25.1 Å². The first-order valence-corrected chi connectivity index (χ1v) is 8.51. The van der Waals surface area contributed by atoms with Gasteiger partial charge in [-0.2, -0.15) is 0 Å². The second kappa shape index (κ2) is 6.10. The molecule has 0 aliphatic carbocycles. The van der Waals surface area contributed by atoms with Crippen LogP contribution in [0.15, 0.2) is 41.3 Å². The maximum Gasteiger partial charge on any atom is 0.241 e. The number of aryl methyl sites for hydroxylation is 1. The molecule has 2 aromatic rings. The summed E-state index contributed by atoms with van der Waals surface area (Å²) in [4.78, 5) is 0.133. The third kappa shape index (κ3) is 3.25. The quantitative estimate of drug-likeness (QED) is 0.907. The Balaban J connectivity index is 1.81. The molecule has 3 rings (SSSR count). The highest BCUT2D eigenvalue weighted by atomic mass is 32.2. The third-order valence-electron chi connectivity index (χ3n) is 3.54. The van der Waals surface area contributed by atoms with Crippen LogP contribution in [0.2, 0.25) is 0 Å². The van der Waals surface area contributed by atoms with Crippen molar-refractivity contribution >= 4 is 10.0 Å². The average molecular weight is 335 g/mol. The molecule has 1 heterocycles. The lowest BCUT2D eigenvalue weighted by Crippen LogP contribution is -2.23. The molecule has 7 heteroatoms. The van der Waals surface area contributed by atoms with Crippen LogP contribution < -0.4 is 18.9 Å². The second-order valence-corrected chi connectivity index (χ2v) is 6.92. The van der Waals surface area contributed by atoms with Crippen LogP contribution in [0.3, 0.4) is 0 Å². The summed E-state index contributed by atoms with van der Waals surface area (Å²) in [7, 11) is -2.10. The highest BCUT2D eigenvalue weighted by molar-refractivity contribution is 7.89. The van der Waals surface area contributed by atoms with Crippen molar-refractivity contribution in [3.8, 4) is 17.2 Å². The predicted octanol–water partition coefficient (Wildman–Crippen LogP) is 2.21. The van der Waals surface area contributed by atoms with Gasteiger partial charge < -0.3 is 14.2 Å². The Morgan fingerprint density at radius 3 is 2.70 bits per heavy atom. The zero-order valence-electron chi connectivity index (χ0n) is 12.8. The Morgan fingerprint density at radius 2 is 1.91 bits per heavy atom. The number of sulfonamides is 1. The summed E-state index contributed by atoms with van der Waals surface area (Å²) in [5.74, 6) is 1.62. The monoisotopic (exact) mass is 335 g/mol. The molecule has 0 unspecified atom stereocenters. The average Bonchev–Trinajstić information content (AvgIpc) is 3.00. The first kappa shape index (κ1) is 15.6. The van der Waals surface area contributed by atoms with Crippen molar-refractivity contribution in [1.82, 2.24) is 4.72 Å². The van der Waals surface area contributed by atoms with E-state index in [2.05, 4.69) is 4.72 Å². The summed E-state index contributed by atoms with van der Waals surface area (Å²) in [5.41, 5.74) is 1.81. The van der Waals surface area contributed by atoms with E-state index in [0.717, 1.165) is 11.1 Å². The lowest BCUT2D eigenvalue weighted by molar-refractivity contribution is 0.174. The summed E-state index contributed by atoms with van der Waals surface area (Å²) >= 11 is 0. The first-order valence-electron chi connectivity index (χ1n) is 7.02. The molecule has 2 aromatic carbocycles. The van der Waals surface area contributed by atoms with Crippen molar-refractivity contribution in [2.45, 2.75) is 18.4 Å².